The molecular weight excluding hydrogens is 368 g/mol. The van der Waals surface area contributed by atoms with Crippen LogP contribution in [-0.4, -0.2) is 49.6 Å². The Hall–Kier alpha value is -1.65. The van der Waals surface area contributed by atoms with Crippen molar-refractivity contribution < 1.29 is 22.9 Å². The maximum Gasteiger partial charge on any atom is 0.306 e. The molecule has 1 aromatic carbocycles. The molecule has 1 aliphatic heterocycles. The molecule has 0 spiro atoms. The topological polar surface area (TPSA) is 107 Å². The summed E-state index contributed by atoms with van der Waals surface area (Å²) in [5.74, 6) is -0.0920. The Bertz CT molecular complexity index is 744. The first kappa shape index (κ1) is 19.7. The molecule has 0 amide bonds. The monoisotopic (exact) mass is 388 g/mol. The van der Waals surface area contributed by atoms with E-state index in [0.29, 0.717) is 23.7 Å². The van der Waals surface area contributed by atoms with Crippen molar-refractivity contribution in [3.8, 4) is 0 Å². The molecule has 10 heteroatoms. The summed E-state index contributed by atoms with van der Waals surface area (Å²) in [6, 6.07) is 3.92. The molecule has 1 saturated heterocycles. The first-order valence-corrected chi connectivity index (χ1v) is 10.3. The van der Waals surface area contributed by atoms with Crippen LogP contribution in [0.5, 0.6) is 0 Å². The van der Waals surface area contributed by atoms with Crippen molar-refractivity contribution in [1.29, 1.82) is 0 Å². The molecule has 8 nitrogen and oxygen atoms in total. The molecule has 0 N–H and O–H groups in total. The zero-order chi connectivity index (χ0) is 18.4. The Morgan fingerprint density at radius 2 is 2.00 bits per heavy atom. The lowest BCUT2D eigenvalue weighted by atomic mass is 10.2. The fourth-order valence-electron chi connectivity index (χ4n) is 2.52. The van der Waals surface area contributed by atoms with Gasteiger partial charge in [0.2, 0.25) is 10.0 Å². The van der Waals surface area contributed by atoms with E-state index in [-0.39, 0.29) is 17.0 Å². The average Bonchev–Trinajstić information content (AvgIpc) is 2.62. The molecule has 25 heavy (non-hydrogen) atoms. The van der Waals surface area contributed by atoms with Gasteiger partial charge in [-0.25, -0.2) is 8.42 Å². The van der Waals surface area contributed by atoms with Crippen LogP contribution in [0.2, 0.25) is 0 Å². The van der Waals surface area contributed by atoms with Crippen LogP contribution in [0.1, 0.15) is 25.7 Å². The van der Waals surface area contributed by atoms with E-state index in [1.54, 1.807) is 0 Å². The number of nitro benzene ring substituents is 1. The highest BCUT2D eigenvalue weighted by atomic mass is 32.2. The molecule has 0 radical (unpaired) electrons. The van der Waals surface area contributed by atoms with E-state index in [1.165, 1.54) is 23.5 Å². The Kier molecular flexibility index (Phi) is 6.79. The predicted octanol–water partition coefficient (Wildman–Crippen LogP) is 2.42. The van der Waals surface area contributed by atoms with Gasteiger partial charge in [0.1, 0.15) is 0 Å². The average molecular weight is 388 g/mol. The van der Waals surface area contributed by atoms with Crippen molar-refractivity contribution in [2.75, 3.05) is 26.0 Å². The molecule has 2 rings (SSSR count). The number of nitrogens with zero attached hydrogens (tertiary/aromatic N) is 2. The first-order chi connectivity index (χ1) is 11.9. The van der Waals surface area contributed by atoms with Gasteiger partial charge >= 0.3 is 5.97 Å². The largest absolute Gasteiger partial charge is 0.469 e. The Morgan fingerprint density at radius 1 is 1.32 bits per heavy atom. The lowest BCUT2D eigenvalue weighted by Gasteiger charge is -2.25. The zero-order valence-electron chi connectivity index (χ0n) is 13.8. The van der Waals surface area contributed by atoms with Gasteiger partial charge in [-0.05, 0) is 25.0 Å². The number of carbonyl (C=O) groups excluding carboxylic acids is 1. The number of esters is 1. The van der Waals surface area contributed by atoms with E-state index in [9.17, 15) is 23.3 Å². The van der Waals surface area contributed by atoms with Gasteiger partial charge in [0, 0.05) is 24.9 Å². The van der Waals surface area contributed by atoms with Crippen molar-refractivity contribution >= 4 is 33.4 Å². The molecule has 0 saturated carbocycles. The van der Waals surface area contributed by atoms with Crippen LogP contribution in [-0.2, 0) is 19.6 Å². The number of ether oxygens (including phenoxy) is 1. The Labute approximate surface area is 150 Å². The second-order valence-electron chi connectivity index (χ2n) is 5.53. The number of piperidine rings is 1. The molecule has 138 valence electrons. The predicted molar refractivity (Wildman–Crippen MR) is 93.1 cm³/mol. The number of nitro groups is 1. The fraction of sp³-hybridized carbons (Fsp3) is 0.533. The molecule has 1 heterocycles. The van der Waals surface area contributed by atoms with Crippen LogP contribution in [0.4, 0.5) is 5.69 Å². The Morgan fingerprint density at radius 3 is 2.60 bits per heavy atom. The van der Waals surface area contributed by atoms with Crippen LogP contribution in [0.15, 0.2) is 28.0 Å². The SMILES string of the molecule is COC(=O)CCSc1ccc(S(=O)(=O)N2CCCCC2)cc1[N+](=O)[O-]. The second kappa shape index (κ2) is 8.63. The van der Waals surface area contributed by atoms with E-state index in [4.69, 9.17) is 0 Å². The minimum Gasteiger partial charge on any atom is -0.469 e. The summed E-state index contributed by atoms with van der Waals surface area (Å²) in [6.45, 7) is 0.873. The summed E-state index contributed by atoms with van der Waals surface area (Å²) >= 11 is 1.12. The van der Waals surface area contributed by atoms with Crippen LogP contribution < -0.4 is 0 Å². The number of rotatable bonds is 7. The second-order valence-corrected chi connectivity index (χ2v) is 8.60. The highest BCUT2D eigenvalue weighted by molar-refractivity contribution is 7.99. The lowest BCUT2D eigenvalue weighted by molar-refractivity contribution is -0.388. The smallest absolute Gasteiger partial charge is 0.306 e. The quantitative estimate of drug-likeness (QED) is 0.305. The van der Waals surface area contributed by atoms with Crippen LogP contribution in [0.3, 0.4) is 0 Å². The summed E-state index contributed by atoms with van der Waals surface area (Å²) in [7, 11) is -2.45. The van der Waals surface area contributed by atoms with Gasteiger partial charge in [0.25, 0.3) is 5.69 Å². The van der Waals surface area contributed by atoms with Crippen LogP contribution >= 0.6 is 11.8 Å². The number of hydrogen-bond donors (Lipinski definition) is 0. The molecule has 0 aromatic heterocycles. The summed E-state index contributed by atoms with van der Waals surface area (Å²) < 4.78 is 31.2. The van der Waals surface area contributed by atoms with E-state index in [0.717, 1.165) is 37.1 Å². The molecule has 0 atom stereocenters. The summed E-state index contributed by atoms with van der Waals surface area (Å²) in [4.78, 5) is 22.1. The fourth-order valence-corrected chi connectivity index (χ4v) is 4.99. The molecular formula is C15H20N2O6S2. The van der Waals surface area contributed by atoms with Crippen LogP contribution in [0.25, 0.3) is 0 Å². The van der Waals surface area contributed by atoms with E-state index in [2.05, 4.69) is 4.74 Å². The maximum absolute atomic E-state index is 12.7. The van der Waals surface area contributed by atoms with Gasteiger partial charge in [-0.1, -0.05) is 6.42 Å². The molecule has 0 aliphatic carbocycles. The number of thioether (sulfide) groups is 1. The standard InChI is InChI=1S/C15H20N2O6S2/c1-23-15(18)7-10-24-14-6-5-12(11-13(14)17(19)20)25(21,22)16-8-3-2-4-9-16/h5-6,11H,2-4,7-10H2,1H3. The van der Waals surface area contributed by atoms with E-state index < -0.39 is 20.9 Å². The number of carbonyl (C=O) groups is 1. The van der Waals surface area contributed by atoms with Gasteiger partial charge in [-0.2, -0.15) is 4.31 Å². The van der Waals surface area contributed by atoms with Crippen molar-refractivity contribution in [2.24, 2.45) is 0 Å². The van der Waals surface area contributed by atoms with Crippen molar-refractivity contribution in [3.63, 3.8) is 0 Å². The summed E-state index contributed by atoms with van der Waals surface area (Å²) in [5, 5.41) is 11.3. The molecule has 1 fully saturated rings. The summed E-state index contributed by atoms with van der Waals surface area (Å²) in [6.07, 6.45) is 2.69. The summed E-state index contributed by atoms with van der Waals surface area (Å²) in [5.41, 5.74) is -0.270. The zero-order valence-corrected chi connectivity index (χ0v) is 15.5. The van der Waals surface area contributed by atoms with Crippen molar-refractivity contribution in [1.82, 2.24) is 4.31 Å². The third kappa shape index (κ3) is 4.93. The highest BCUT2D eigenvalue weighted by Crippen LogP contribution is 2.33. The van der Waals surface area contributed by atoms with Gasteiger partial charge in [-0.15, -0.1) is 11.8 Å². The van der Waals surface area contributed by atoms with Crippen LogP contribution in [0, 0.1) is 10.1 Å². The molecule has 0 bridgehead atoms. The van der Waals surface area contributed by atoms with Gasteiger partial charge in [0.15, 0.2) is 0 Å². The van der Waals surface area contributed by atoms with Gasteiger partial charge in [0.05, 0.1) is 28.2 Å². The third-order valence-corrected chi connectivity index (χ3v) is 6.83. The molecule has 1 aliphatic rings. The number of benzene rings is 1. The van der Waals surface area contributed by atoms with Gasteiger partial charge < -0.3 is 4.74 Å². The van der Waals surface area contributed by atoms with E-state index >= 15 is 0 Å². The lowest BCUT2D eigenvalue weighted by Crippen LogP contribution is -2.35. The highest BCUT2D eigenvalue weighted by Gasteiger charge is 2.28. The first-order valence-electron chi connectivity index (χ1n) is 7.84. The number of methoxy groups -OCH3 is 1. The van der Waals surface area contributed by atoms with Gasteiger partial charge in [-0.3, -0.25) is 14.9 Å². The van der Waals surface area contributed by atoms with Crippen molar-refractivity contribution in [3.05, 3.63) is 28.3 Å². The normalized spacial score (nSPS) is 15.7. The van der Waals surface area contributed by atoms with Crippen molar-refractivity contribution in [2.45, 2.75) is 35.5 Å². The third-order valence-electron chi connectivity index (χ3n) is 3.87. The Balaban J connectivity index is 2.22. The van der Waals surface area contributed by atoms with E-state index in [1.807, 2.05) is 0 Å². The minimum absolute atomic E-state index is 0.0709. The minimum atomic E-state index is -3.73. The molecule has 0 unspecified atom stereocenters. The molecule has 1 aromatic rings. The maximum atomic E-state index is 12.7. The number of hydrogen-bond acceptors (Lipinski definition) is 7. The number of sulfonamides is 1.